The molecule has 0 spiro atoms. The van der Waals surface area contributed by atoms with Crippen molar-refractivity contribution in [3.63, 3.8) is 0 Å². The van der Waals surface area contributed by atoms with Gasteiger partial charge in [-0.25, -0.2) is 0 Å². The summed E-state index contributed by atoms with van der Waals surface area (Å²) in [4.78, 5) is 4.03. The molecule has 1 heterocycles. The van der Waals surface area contributed by atoms with Crippen molar-refractivity contribution in [3.05, 3.63) is 59.9 Å². The van der Waals surface area contributed by atoms with Crippen LogP contribution in [0, 0.1) is 12.3 Å². The second-order valence-corrected chi connectivity index (χ2v) is 4.48. The van der Waals surface area contributed by atoms with E-state index in [-0.39, 0.29) is 12.6 Å². The lowest BCUT2D eigenvalue weighted by Crippen LogP contribution is -2.18. The van der Waals surface area contributed by atoms with E-state index >= 15 is 0 Å². The summed E-state index contributed by atoms with van der Waals surface area (Å²) < 4.78 is 5.54. The van der Waals surface area contributed by atoms with Gasteiger partial charge in [0.2, 0.25) is 0 Å². The van der Waals surface area contributed by atoms with Gasteiger partial charge in [-0.05, 0) is 30.7 Å². The first-order chi connectivity index (χ1) is 9.81. The molecule has 102 valence electrons. The minimum atomic E-state index is 0.249. The van der Waals surface area contributed by atoms with Crippen molar-refractivity contribution in [1.82, 2.24) is 10.3 Å². The predicted molar refractivity (Wildman–Crippen MR) is 80.3 cm³/mol. The Hall–Kier alpha value is -2.31. The summed E-state index contributed by atoms with van der Waals surface area (Å²) in [7, 11) is 0. The number of aromatic nitrogens is 1. The zero-order valence-electron chi connectivity index (χ0n) is 11.5. The Kier molecular flexibility index (Phi) is 5.16. The molecule has 3 nitrogen and oxygen atoms in total. The van der Waals surface area contributed by atoms with E-state index in [1.54, 1.807) is 12.4 Å². The number of terminal acetylenes is 1. The first-order valence-electron chi connectivity index (χ1n) is 6.58. The van der Waals surface area contributed by atoms with Gasteiger partial charge in [0.05, 0.1) is 0 Å². The highest BCUT2D eigenvalue weighted by Crippen LogP contribution is 2.19. The van der Waals surface area contributed by atoms with Crippen LogP contribution in [0.3, 0.4) is 0 Å². The summed E-state index contributed by atoms with van der Waals surface area (Å²) in [5, 5.41) is 3.47. The molecule has 2 rings (SSSR count). The third-order valence-electron chi connectivity index (χ3n) is 3.09. The van der Waals surface area contributed by atoms with Gasteiger partial charge in [-0.1, -0.05) is 24.1 Å². The maximum atomic E-state index is 5.54. The second-order valence-electron chi connectivity index (χ2n) is 4.48. The summed E-state index contributed by atoms with van der Waals surface area (Å²) in [5.74, 6) is 3.32. The van der Waals surface area contributed by atoms with Crippen molar-refractivity contribution < 1.29 is 4.74 Å². The average molecular weight is 266 g/mol. The largest absolute Gasteiger partial charge is 0.481 e. The Labute approximate surface area is 120 Å². The summed E-state index contributed by atoms with van der Waals surface area (Å²) >= 11 is 0. The Bertz CT molecular complexity index is 575. The van der Waals surface area contributed by atoms with Crippen molar-refractivity contribution in [2.45, 2.75) is 19.5 Å². The fraction of sp³-hybridized carbons (Fsp3) is 0.235. The molecule has 1 aromatic heterocycles. The lowest BCUT2D eigenvalue weighted by Gasteiger charge is -2.16. The normalized spacial score (nSPS) is 11.6. The molecule has 20 heavy (non-hydrogen) atoms. The van der Waals surface area contributed by atoms with Crippen LogP contribution in [0.25, 0.3) is 0 Å². The van der Waals surface area contributed by atoms with Crippen molar-refractivity contribution in [2.75, 3.05) is 6.61 Å². The first kappa shape index (κ1) is 14.1. The molecule has 0 saturated heterocycles. The zero-order chi connectivity index (χ0) is 14.2. The van der Waals surface area contributed by atoms with Gasteiger partial charge in [0.15, 0.2) is 0 Å². The lowest BCUT2D eigenvalue weighted by molar-refractivity contribution is 0.364. The van der Waals surface area contributed by atoms with Gasteiger partial charge >= 0.3 is 0 Å². The Morgan fingerprint density at radius 3 is 2.75 bits per heavy atom. The van der Waals surface area contributed by atoms with Crippen molar-refractivity contribution >= 4 is 0 Å². The lowest BCUT2D eigenvalue weighted by atomic mass is 10.1. The number of ether oxygens (including phenoxy) is 1. The number of hydrogen-bond acceptors (Lipinski definition) is 3. The number of pyridine rings is 1. The van der Waals surface area contributed by atoms with E-state index in [1.165, 1.54) is 5.56 Å². The highest BCUT2D eigenvalue weighted by atomic mass is 16.5. The van der Waals surface area contributed by atoms with Gasteiger partial charge in [0.1, 0.15) is 12.4 Å². The van der Waals surface area contributed by atoms with Crippen LogP contribution in [-0.2, 0) is 6.54 Å². The van der Waals surface area contributed by atoms with Crippen LogP contribution in [0.5, 0.6) is 5.75 Å². The molecule has 0 radical (unpaired) electrons. The van der Waals surface area contributed by atoms with Crippen LogP contribution in [-0.4, -0.2) is 11.6 Å². The molecule has 1 unspecified atom stereocenters. The predicted octanol–water partition coefficient (Wildman–Crippen LogP) is 2.94. The van der Waals surface area contributed by atoms with Crippen molar-refractivity contribution in [3.8, 4) is 18.1 Å². The number of para-hydroxylation sites is 1. The highest BCUT2D eigenvalue weighted by molar-refractivity contribution is 5.33. The van der Waals surface area contributed by atoms with Gasteiger partial charge in [0, 0.05) is 30.5 Å². The van der Waals surface area contributed by atoms with Gasteiger partial charge < -0.3 is 10.1 Å². The van der Waals surface area contributed by atoms with E-state index in [4.69, 9.17) is 11.2 Å². The molecule has 0 aliphatic heterocycles. The maximum absolute atomic E-state index is 5.54. The van der Waals surface area contributed by atoms with Gasteiger partial charge in [-0.3, -0.25) is 4.98 Å². The van der Waals surface area contributed by atoms with Crippen LogP contribution >= 0.6 is 0 Å². The topological polar surface area (TPSA) is 34.1 Å². The molecular weight excluding hydrogens is 248 g/mol. The standard InChI is InChI=1S/C17H18N2O/c1-3-12-20-17-7-5-4-6-16(17)13-19-14(2)15-8-10-18-11-9-15/h1,4-11,14,19H,12-13H2,2H3. The number of rotatable bonds is 6. The molecule has 0 aliphatic carbocycles. The minimum absolute atomic E-state index is 0.249. The third kappa shape index (κ3) is 3.84. The fourth-order valence-corrected chi connectivity index (χ4v) is 1.94. The molecule has 1 aromatic carbocycles. The molecule has 1 atom stereocenters. The number of nitrogens with one attached hydrogen (secondary N) is 1. The molecule has 3 heteroatoms. The van der Waals surface area contributed by atoms with Gasteiger partial charge in [0.25, 0.3) is 0 Å². The maximum Gasteiger partial charge on any atom is 0.148 e. The molecule has 0 saturated carbocycles. The number of benzene rings is 1. The second kappa shape index (κ2) is 7.32. The van der Waals surface area contributed by atoms with Crippen LogP contribution in [0.15, 0.2) is 48.8 Å². The van der Waals surface area contributed by atoms with E-state index in [0.29, 0.717) is 0 Å². The van der Waals surface area contributed by atoms with E-state index in [2.05, 4.69) is 23.1 Å². The smallest absolute Gasteiger partial charge is 0.148 e. The summed E-state index contributed by atoms with van der Waals surface area (Å²) in [6.45, 7) is 3.14. The first-order valence-corrected chi connectivity index (χ1v) is 6.58. The van der Waals surface area contributed by atoms with Gasteiger partial charge in [-0.15, -0.1) is 6.42 Å². The Balaban J connectivity index is 1.99. The van der Waals surface area contributed by atoms with Crippen LogP contribution in [0.2, 0.25) is 0 Å². The number of nitrogens with zero attached hydrogens (tertiary/aromatic N) is 1. The van der Waals surface area contributed by atoms with Crippen LogP contribution < -0.4 is 10.1 Å². The van der Waals surface area contributed by atoms with Crippen LogP contribution in [0.4, 0.5) is 0 Å². The molecular formula is C17H18N2O. The Morgan fingerprint density at radius 2 is 2.00 bits per heavy atom. The Morgan fingerprint density at radius 1 is 1.25 bits per heavy atom. The monoisotopic (exact) mass is 266 g/mol. The van der Waals surface area contributed by atoms with Gasteiger partial charge in [-0.2, -0.15) is 0 Å². The average Bonchev–Trinajstić information content (AvgIpc) is 2.52. The molecule has 2 aromatic rings. The van der Waals surface area contributed by atoms with Crippen molar-refractivity contribution in [2.24, 2.45) is 0 Å². The SMILES string of the molecule is C#CCOc1ccccc1CNC(C)c1ccncc1. The summed E-state index contributed by atoms with van der Waals surface area (Å²) in [5.41, 5.74) is 2.31. The van der Waals surface area contributed by atoms with E-state index < -0.39 is 0 Å². The summed E-state index contributed by atoms with van der Waals surface area (Å²) in [6.07, 6.45) is 8.83. The third-order valence-corrected chi connectivity index (χ3v) is 3.09. The molecule has 1 N–H and O–H groups in total. The van der Waals surface area contributed by atoms with Crippen LogP contribution in [0.1, 0.15) is 24.1 Å². The highest BCUT2D eigenvalue weighted by Gasteiger charge is 2.07. The molecule has 0 amide bonds. The zero-order valence-corrected chi connectivity index (χ0v) is 11.5. The van der Waals surface area contributed by atoms with E-state index in [0.717, 1.165) is 17.9 Å². The molecule has 0 aliphatic rings. The quantitative estimate of drug-likeness (QED) is 0.816. The van der Waals surface area contributed by atoms with E-state index in [9.17, 15) is 0 Å². The minimum Gasteiger partial charge on any atom is -0.481 e. The molecule has 0 bridgehead atoms. The fourth-order valence-electron chi connectivity index (χ4n) is 1.94. The number of hydrogen-bond donors (Lipinski definition) is 1. The van der Waals surface area contributed by atoms with Crippen molar-refractivity contribution in [1.29, 1.82) is 0 Å². The molecule has 0 fully saturated rings. The van der Waals surface area contributed by atoms with E-state index in [1.807, 2.05) is 36.4 Å². The summed E-state index contributed by atoms with van der Waals surface area (Å²) in [6, 6.07) is 12.2.